The second-order valence-electron chi connectivity index (χ2n) is 6.81. The highest BCUT2D eigenvalue weighted by Crippen LogP contribution is 2.61. The number of ether oxygens (including phenoxy) is 2. The van der Waals surface area contributed by atoms with Crippen molar-refractivity contribution in [1.82, 2.24) is 0 Å². The average molecular weight is 252 g/mol. The molecule has 4 heteroatoms. The van der Waals surface area contributed by atoms with Crippen LogP contribution in [-0.2, 0) is 19.1 Å². The Hall–Kier alpha value is -1.06. The Balaban J connectivity index is 1.93. The number of carbonyl (C=O) groups is 2. The molecular formula is C14H20O4. The lowest BCUT2D eigenvalue weighted by atomic mass is 9.52. The number of fused-ring (bicyclic) bond motifs is 1. The van der Waals surface area contributed by atoms with Crippen LogP contribution in [0.2, 0.25) is 0 Å². The van der Waals surface area contributed by atoms with Gasteiger partial charge in [0, 0.05) is 0 Å². The lowest BCUT2D eigenvalue weighted by molar-refractivity contribution is -0.151. The molecule has 18 heavy (non-hydrogen) atoms. The summed E-state index contributed by atoms with van der Waals surface area (Å²) in [5, 5.41) is 0. The van der Waals surface area contributed by atoms with Crippen molar-refractivity contribution in [3.8, 4) is 0 Å². The van der Waals surface area contributed by atoms with Crippen LogP contribution in [0.1, 0.15) is 45.4 Å². The second kappa shape index (κ2) is 3.72. The fourth-order valence-electron chi connectivity index (χ4n) is 4.75. The first-order valence-electron chi connectivity index (χ1n) is 6.71. The van der Waals surface area contributed by atoms with E-state index in [1.54, 1.807) is 0 Å². The van der Waals surface area contributed by atoms with Crippen molar-refractivity contribution in [2.75, 3.05) is 7.11 Å². The zero-order chi connectivity index (χ0) is 13.0. The smallest absolute Gasteiger partial charge is 0.309 e. The molecule has 0 spiro atoms. The van der Waals surface area contributed by atoms with E-state index in [2.05, 4.69) is 6.92 Å². The molecule has 4 rings (SSSR count). The van der Waals surface area contributed by atoms with Gasteiger partial charge >= 0.3 is 11.9 Å². The van der Waals surface area contributed by atoms with E-state index in [4.69, 9.17) is 9.47 Å². The summed E-state index contributed by atoms with van der Waals surface area (Å²) in [5.41, 5.74) is 0.0891. The average Bonchev–Trinajstić information content (AvgIpc) is 2.38. The van der Waals surface area contributed by atoms with E-state index >= 15 is 0 Å². The van der Waals surface area contributed by atoms with Gasteiger partial charge in [-0.3, -0.25) is 9.59 Å². The predicted molar refractivity (Wildman–Crippen MR) is 63.6 cm³/mol. The van der Waals surface area contributed by atoms with Gasteiger partial charge < -0.3 is 9.47 Å². The molecule has 0 N–H and O–H groups in total. The number of hydrogen-bond donors (Lipinski definition) is 0. The molecule has 2 aliphatic carbocycles. The topological polar surface area (TPSA) is 52.6 Å². The molecule has 4 atom stereocenters. The van der Waals surface area contributed by atoms with Crippen LogP contribution >= 0.6 is 0 Å². The lowest BCUT2D eigenvalue weighted by Gasteiger charge is -2.51. The highest BCUT2D eigenvalue weighted by Gasteiger charge is 2.57. The Morgan fingerprint density at radius 2 is 2.17 bits per heavy atom. The summed E-state index contributed by atoms with van der Waals surface area (Å²) in [4.78, 5) is 23.6. The van der Waals surface area contributed by atoms with Gasteiger partial charge in [-0.15, -0.1) is 0 Å². The van der Waals surface area contributed by atoms with E-state index in [1.165, 1.54) is 7.11 Å². The van der Waals surface area contributed by atoms with Gasteiger partial charge in [-0.1, -0.05) is 6.92 Å². The van der Waals surface area contributed by atoms with Gasteiger partial charge in [0.1, 0.15) is 6.10 Å². The summed E-state index contributed by atoms with van der Waals surface area (Å²) in [6.07, 6.45) is 4.98. The van der Waals surface area contributed by atoms with Gasteiger partial charge in [-0.25, -0.2) is 0 Å². The molecule has 4 nitrogen and oxygen atoms in total. The summed E-state index contributed by atoms with van der Waals surface area (Å²) < 4.78 is 10.4. The van der Waals surface area contributed by atoms with Crippen molar-refractivity contribution < 1.29 is 19.1 Å². The van der Waals surface area contributed by atoms with E-state index in [-0.39, 0.29) is 34.8 Å². The summed E-state index contributed by atoms with van der Waals surface area (Å²) >= 11 is 0. The highest BCUT2D eigenvalue weighted by molar-refractivity contribution is 5.75. The first-order chi connectivity index (χ1) is 8.44. The molecule has 2 heterocycles. The van der Waals surface area contributed by atoms with Crippen LogP contribution in [0.4, 0.5) is 0 Å². The van der Waals surface area contributed by atoms with Gasteiger partial charge in [0.2, 0.25) is 0 Å². The summed E-state index contributed by atoms with van der Waals surface area (Å²) in [5.74, 6) is -0.218. The quantitative estimate of drug-likeness (QED) is 0.706. The van der Waals surface area contributed by atoms with Crippen molar-refractivity contribution in [3.63, 3.8) is 0 Å². The van der Waals surface area contributed by atoms with Crippen molar-refractivity contribution in [1.29, 1.82) is 0 Å². The molecule has 2 saturated carbocycles. The molecule has 0 aromatic carbocycles. The second-order valence-corrected chi connectivity index (χ2v) is 6.81. The molecule has 0 radical (unpaired) electrons. The Morgan fingerprint density at radius 3 is 2.89 bits per heavy atom. The van der Waals surface area contributed by atoms with Crippen LogP contribution in [0, 0.1) is 16.7 Å². The fraction of sp³-hybridized carbons (Fsp3) is 0.857. The molecule has 2 saturated heterocycles. The van der Waals surface area contributed by atoms with Crippen molar-refractivity contribution >= 4 is 11.9 Å². The van der Waals surface area contributed by atoms with E-state index in [9.17, 15) is 9.59 Å². The van der Waals surface area contributed by atoms with Gasteiger partial charge in [-0.05, 0) is 42.9 Å². The first-order valence-corrected chi connectivity index (χ1v) is 6.71. The number of hydrogen-bond acceptors (Lipinski definition) is 4. The predicted octanol–water partition coefficient (Wildman–Crippen LogP) is 2.06. The van der Waals surface area contributed by atoms with Crippen LogP contribution in [0.5, 0.6) is 0 Å². The maximum absolute atomic E-state index is 12.0. The number of carbonyl (C=O) groups excluding carboxylic acids is 2. The van der Waals surface area contributed by atoms with Crippen LogP contribution in [0.3, 0.4) is 0 Å². The number of methoxy groups -OCH3 is 1. The van der Waals surface area contributed by atoms with Crippen molar-refractivity contribution in [2.45, 2.75) is 51.6 Å². The molecule has 0 amide bonds. The summed E-state index contributed by atoms with van der Waals surface area (Å²) in [6.45, 7) is 2.24. The van der Waals surface area contributed by atoms with Crippen LogP contribution in [-0.4, -0.2) is 25.2 Å². The lowest BCUT2D eigenvalue weighted by Crippen LogP contribution is -2.46. The molecular weight excluding hydrogens is 232 g/mol. The van der Waals surface area contributed by atoms with Crippen molar-refractivity contribution in [3.05, 3.63) is 0 Å². The van der Waals surface area contributed by atoms with Crippen molar-refractivity contribution in [2.24, 2.45) is 16.7 Å². The Bertz CT molecular complexity index is 405. The monoisotopic (exact) mass is 252 g/mol. The third-order valence-electron chi connectivity index (χ3n) is 4.96. The third kappa shape index (κ3) is 1.82. The van der Waals surface area contributed by atoms with Gasteiger partial charge in [0.15, 0.2) is 0 Å². The third-order valence-corrected chi connectivity index (χ3v) is 4.96. The molecule has 4 unspecified atom stereocenters. The largest absolute Gasteiger partial charge is 0.469 e. The molecule has 100 valence electrons. The molecule has 4 aliphatic rings. The van der Waals surface area contributed by atoms with Gasteiger partial charge in [0.05, 0.1) is 19.4 Å². The Labute approximate surface area is 107 Å². The molecule has 0 aromatic rings. The van der Waals surface area contributed by atoms with E-state index < -0.39 is 0 Å². The molecule has 4 bridgehead atoms. The SMILES string of the molecule is COC(=O)CC12CC3CC(C)(CC(C1)C(=O)O3)C2. The fourth-order valence-corrected chi connectivity index (χ4v) is 4.75. The van der Waals surface area contributed by atoms with Crippen LogP contribution in [0.15, 0.2) is 0 Å². The standard InChI is InChI=1S/C14H20O4/c1-13-3-9-4-14(8-13,7-11(15)17-2)6-10(5-13)18-12(9)16/h9-10H,3-8H2,1-2H3. The van der Waals surface area contributed by atoms with Gasteiger partial charge in [-0.2, -0.15) is 0 Å². The summed E-state index contributed by atoms with van der Waals surface area (Å²) in [7, 11) is 1.43. The van der Waals surface area contributed by atoms with E-state index in [1.807, 2.05) is 0 Å². The number of rotatable bonds is 2. The van der Waals surface area contributed by atoms with Gasteiger partial charge in [0.25, 0.3) is 0 Å². The molecule has 2 aliphatic heterocycles. The zero-order valence-corrected chi connectivity index (χ0v) is 11.0. The Morgan fingerprint density at radius 1 is 1.39 bits per heavy atom. The maximum Gasteiger partial charge on any atom is 0.309 e. The maximum atomic E-state index is 12.0. The minimum absolute atomic E-state index is 0.00778. The molecule has 0 aromatic heterocycles. The Kier molecular flexibility index (Phi) is 2.48. The van der Waals surface area contributed by atoms with Crippen LogP contribution in [0.25, 0.3) is 0 Å². The minimum atomic E-state index is -0.159. The summed E-state index contributed by atoms with van der Waals surface area (Å²) in [6, 6.07) is 0. The first kappa shape index (κ1) is 12.0. The number of esters is 2. The van der Waals surface area contributed by atoms with E-state index in [0.717, 1.165) is 32.1 Å². The molecule has 4 fully saturated rings. The van der Waals surface area contributed by atoms with E-state index in [0.29, 0.717) is 6.42 Å². The zero-order valence-electron chi connectivity index (χ0n) is 11.0. The normalized spacial score (nSPS) is 45.6. The minimum Gasteiger partial charge on any atom is -0.469 e. The highest BCUT2D eigenvalue weighted by atomic mass is 16.5. The van der Waals surface area contributed by atoms with Crippen LogP contribution < -0.4 is 0 Å².